The third-order valence-electron chi connectivity index (χ3n) is 5.41. The minimum Gasteiger partial charge on any atom is -0.322 e. The van der Waals surface area contributed by atoms with Crippen molar-refractivity contribution in [1.82, 2.24) is 0 Å². The Balaban J connectivity index is 2.04. The number of benzene rings is 1. The highest BCUT2D eigenvalue weighted by atomic mass is 32.2. The van der Waals surface area contributed by atoms with E-state index in [-0.39, 0.29) is 28.5 Å². The zero-order valence-corrected chi connectivity index (χ0v) is 17.0. The molecule has 1 saturated carbocycles. The van der Waals surface area contributed by atoms with Crippen LogP contribution in [0.25, 0.3) is 0 Å². The standard InChI is InChI=1S/C20H28N2O4S/c1-13(2)11-18-19(23)21-16-12-15(27(3,25)26)9-10-17(16)22(18)20(24)14-7-5-4-6-8-14/h9-10,12-14,18H,4-8,11H2,1-3H3,(H,21,23)/t18-/m0/s1. The lowest BCUT2D eigenvalue weighted by atomic mass is 9.87. The summed E-state index contributed by atoms with van der Waals surface area (Å²) in [7, 11) is -3.40. The number of carbonyl (C=O) groups excluding carboxylic acids is 2. The smallest absolute Gasteiger partial charge is 0.247 e. The number of anilines is 2. The molecule has 0 unspecified atom stereocenters. The summed E-state index contributed by atoms with van der Waals surface area (Å²) in [5.41, 5.74) is 0.996. The van der Waals surface area contributed by atoms with Crippen LogP contribution in [0.15, 0.2) is 23.1 Å². The van der Waals surface area contributed by atoms with Gasteiger partial charge in [-0.1, -0.05) is 33.1 Å². The molecule has 27 heavy (non-hydrogen) atoms. The van der Waals surface area contributed by atoms with Gasteiger partial charge in [0.2, 0.25) is 11.8 Å². The largest absolute Gasteiger partial charge is 0.322 e. The monoisotopic (exact) mass is 392 g/mol. The van der Waals surface area contributed by atoms with E-state index in [0.717, 1.165) is 38.4 Å². The molecule has 1 aliphatic heterocycles. The van der Waals surface area contributed by atoms with Crippen LogP contribution in [0.2, 0.25) is 0 Å². The van der Waals surface area contributed by atoms with Crippen molar-refractivity contribution in [1.29, 1.82) is 0 Å². The Morgan fingerprint density at radius 3 is 2.48 bits per heavy atom. The zero-order chi connectivity index (χ0) is 19.8. The molecule has 7 heteroatoms. The first-order valence-electron chi connectivity index (χ1n) is 9.66. The number of hydrogen-bond donors (Lipinski definition) is 1. The second kappa shape index (κ2) is 7.62. The minimum absolute atomic E-state index is 0.0106. The molecule has 0 bridgehead atoms. The second-order valence-electron chi connectivity index (χ2n) is 8.13. The van der Waals surface area contributed by atoms with Gasteiger partial charge in [0.1, 0.15) is 6.04 Å². The molecule has 1 atom stereocenters. The number of rotatable bonds is 4. The average molecular weight is 393 g/mol. The molecule has 2 aliphatic rings. The van der Waals surface area contributed by atoms with Gasteiger partial charge in [-0.05, 0) is 43.4 Å². The number of fused-ring (bicyclic) bond motifs is 1. The Kier molecular flexibility index (Phi) is 5.60. The third kappa shape index (κ3) is 4.18. The Labute approximate surface area is 161 Å². The first-order valence-corrected chi connectivity index (χ1v) is 11.6. The van der Waals surface area contributed by atoms with Crippen molar-refractivity contribution in [3.05, 3.63) is 18.2 Å². The fraction of sp³-hybridized carbons (Fsp3) is 0.600. The highest BCUT2D eigenvalue weighted by molar-refractivity contribution is 7.90. The summed E-state index contributed by atoms with van der Waals surface area (Å²) in [6.07, 6.45) is 6.61. The van der Waals surface area contributed by atoms with Gasteiger partial charge in [-0.3, -0.25) is 14.5 Å². The molecule has 3 rings (SSSR count). The summed E-state index contributed by atoms with van der Waals surface area (Å²) in [5.74, 6) is -0.0736. The van der Waals surface area contributed by atoms with Gasteiger partial charge >= 0.3 is 0 Å². The van der Waals surface area contributed by atoms with Crippen LogP contribution in [0.1, 0.15) is 52.4 Å². The average Bonchev–Trinajstić information content (AvgIpc) is 2.61. The summed E-state index contributed by atoms with van der Waals surface area (Å²) in [4.78, 5) is 27.9. The molecule has 1 fully saturated rings. The number of amides is 2. The van der Waals surface area contributed by atoms with E-state index in [9.17, 15) is 18.0 Å². The van der Waals surface area contributed by atoms with Gasteiger partial charge in [0.05, 0.1) is 16.3 Å². The summed E-state index contributed by atoms with van der Waals surface area (Å²) < 4.78 is 23.8. The van der Waals surface area contributed by atoms with Crippen LogP contribution in [0, 0.1) is 11.8 Å². The molecule has 1 aromatic rings. The van der Waals surface area contributed by atoms with Crippen molar-refractivity contribution in [3.63, 3.8) is 0 Å². The fourth-order valence-electron chi connectivity index (χ4n) is 4.03. The van der Waals surface area contributed by atoms with Crippen LogP contribution < -0.4 is 10.2 Å². The molecule has 6 nitrogen and oxygen atoms in total. The molecule has 2 amide bonds. The molecular weight excluding hydrogens is 364 g/mol. The van der Waals surface area contributed by atoms with E-state index in [4.69, 9.17) is 0 Å². The fourth-order valence-corrected chi connectivity index (χ4v) is 4.68. The molecule has 1 aliphatic carbocycles. The van der Waals surface area contributed by atoms with Crippen LogP contribution in [0.4, 0.5) is 11.4 Å². The Hall–Kier alpha value is -1.89. The molecule has 0 saturated heterocycles. The Bertz CT molecular complexity index is 842. The second-order valence-corrected chi connectivity index (χ2v) is 10.1. The molecule has 1 N–H and O–H groups in total. The highest BCUT2D eigenvalue weighted by Crippen LogP contribution is 2.38. The summed E-state index contributed by atoms with van der Waals surface area (Å²) in [6.45, 7) is 4.05. The molecule has 0 radical (unpaired) electrons. The van der Waals surface area contributed by atoms with Crippen molar-refractivity contribution < 1.29 is 18.0 Å². The van der Waals surface area contributed by atoms with E-state index >= 15 is 0 Å². The van der Waals surface area contributed by atoms with Crippen LogP contribution in [-0.2, 0) is 19.4 Å². The molecule has 0 aromatic heterocycles. The van der Waals surface area contributed by atoms with Gasteiger partial charge < -0.3 is 5.32 Å². The maximum atomic E-state index is 13.4. The first kappa shape index (κ1) is 19.9. The van der Waals surface area contributed by atoms with E-state index in [0.29, 0.717) is 17.8 Å². The number of sulfone groups is 1. The normalized spacial score (nSPS) is 21.1. The number of hydrogen-bond acceptors (Lipinski definition) is 4. The van der Waals surface area contributed by atoms with Crippen molar-refractivity contribution >= 4 is 33.0 Å². The number of carbonyl (C=O) groups is 2. The molecule has 148 valence electrons. The van der Waals surface area contributed by atoms with Crippen LogP contribution >= 0.6 is 0 Å². The predicted octanol–water partition coefficient (Wildman–Crippen LogP) is 3.37. The van der Waals surface area contributed by atoms with Gasteiger partial charge in [0, 0.05) is 12.2 Å². The van der Waals surface area contributed by atoms with E-state index < -0.39 is 15.9 Å². The maximum Gasteiger partial charge on any atom is 0.247 e. The third-order valence-corrected chi connectivity index (χ3v) is 6.52. The topological polar surface area (TPSA) is 83.6 Å². The van der Waals surface area contributed by atoms with Gasteiger partial charge in [-0.25, -0.2) is 8.42 Å². The molecule has 0 spiro atoms. The number of nitrogens with one attached hydrogen (secondary N) is 1. The molecule has 1 aromatic carbocycles. The minimum atomic E-state index is -3.40. The van der Waals surface area contributed by atoms with Gasteiger partial charge in [0.25, 0.3) is 0 Å². The van der Waals surface area contributed by atoms with Crippen LogP contribution in [-0.4, -0.2) is 32.5 Å². The SMILES string of the molecule is CC(C)C[C@H]1C(=O)Nc2cc(S(C)(=O)=O)ccc2N1C(=O)C1CCCCC1. The quantitative estimate of drug-likeness (QED) is 0.851. The van der Waals surface area contributed by atoms with E-state index in [2.05, 4.69) is 5.32 Å². The molecular formula is C20H28N2O4S. The first-order chi connectivity index (χ1) is 12.7. The maximum absolute atomic E-state index is 13.4. The lowest BCUT2D eigenvalue weighted by molar-refractivity contribution is -0.127. The van der Waals surface area contributed by atoms with Crippen molar-refractivity contribution in [2.45, 2.75) is 63.3 Å². The van der Waals surface area contributed by atoms with Gasteiger partial charge in [0.15, 0.2) is 9.84 Å². The van der Waals surface area contributed by atoms with E-state index in [1.807, 2.05) is 13.8 Å². The molecule has 1 heterocycles. The summed E-state index contributed by atoms with van der Waals surface area (Å²) in [6, 6.07) is 4.06. The van der Waals surface area contributed by atoms with Crippen molar-refractivity contribution in [2.24, 2.45) is 11.8 Å². The lowest BCUT2D eigenvalue weighted by Crippen LogP contribution is -2.53. The zero-order valence-electron chi connectivity index (χ0n) is 16.2. The highest BCUT2D eigenvalue weighted by Gasteiger charge is 2.40. The van der Waals surface area contributed by atoms with Crippen molar-refractivity contribution in [3.8, 4) is 0 Å². The van der Waals surface area contributed by atoms with E-state index in [1.165, 1.54) is 12.1 Å². The summed E-state index contributed by atoms with van der Waals surface area (Å²) in [5, 5.41) is 2.82. The van der Waals surface area contributed by atoms with Gasteiger partial charge in [-0.15, -0.1) is 0 Å². The van der Waals surface area contributed by atoms with Gasteiger partial charge in [-0.2, -0.15) is 0 Å². The van der Waals surface area contributed by atoms with Crippen LogP contribution in [0.3, 0.4) is 0 Å². The van der Waals surface area contributed by atoms with Crippen LogP contribution in [0.5, 0.6) is 0 Å². The Morgan fingerprint density at radius 1 is 1.22 bits per heavy atom. The lowest BCUT2D eigenvalue weighted by Gasteiger charge is -2.39. The number of nitrogens with zero attached hydrogens (tertiary/aromatic N) is 1. The van der Waals surface area contributed by atoms with E-state index in [1.54, 1.807) is 11.0 Å². The predicted molar refractivity (Wildman–Crippen MR) is 105 cm³/mol. The van der Waals surface area contributed by atoms with Crippen molar-refractivity contribution in [2.75, 3.05) is 16.5 Å². The summed E-state index contributed by atoms with van der Waals surface area (Å²) >= 11 is 0. The Morgan fingerprint density at radius 2 is 1.89 bits per heavy atom.